The molecule has 0 fully saturated rings. The van der Waals surface area contributed by atoms with Crippen molar-refractivity contribution < 1.29 is 74.9 Å². The van der Waals surface area contributed by atoms with Crippen molar-refractivity contribution in [3.8, 4) is 0 Å². The molecule has 0 atom stereocenters. The van der Waals surface area contributed by atoms with Gasteiger partial charge in [0.1, 0.15) is 0 Å². The maximum atomic E-state index is 9.14. The largest absolute Gasteiger partial charge is 4.00 e. The first-order chi connectivity index (χ1) is 2.94. The SMILES string of the molecule is O=C([O-])P(=O)([O-])[O-].[NH2-].[NH2-].[Na+].[Pt+4]. The summed E-state index contributed by atoms with van der Waals surface area (Å²) in [7, 11) is -5.43. The topological polar surface area (TPSA) is 170 Å². The first-order valence-corrected chi connectivity index (χ1v) is 2.72. The molecule has 0 aromatic heterocycles. The summed E-state index contributed by atoms with van der Waals surface area (Å²) in [6.45, 7) is 0. The van der Waals surface area contributed by atoms with Crippen molar-refractivity contribution in [2.45, 2.75) is 0 Å². The van der Waals surface area contributed by atoms with Gasteiger partial charge in [-0.25, -0.2) is 0 Å². The standard InChI is InChI=1S/CH3O5P.2H2N.Na.Pt/c2-1(3)7(4,5)6;;;;/h(H,2,3)(H2,4,5,6);2*1H2;;/q;2*-1;+1;+4/p-3. The van der Waals surface area contributed by atoms with Crippen LogP contribution in [0.4, 0.5) is 4.79 Å². The number of carboxylic acid groups (broad SMARTS) is 1. The van der Waals surface area contributed by atoms with Gasteiger partial charge in [-0.1, -0.05) is 0 Å². The molecule has 10 heteroatoms. The smallest absolute Gasteiger partial charge is 0.807 e. The van der Waals surface area contributed by atoms with Crippen LogP contribution >= 0.6 is 7.60 Å². The zero-order valence-corrected chi connectivity index (χ0v) is 10.6. The predicted octanol–water partition coefficient (Wildman–Crippen LogP) is -4.32. The van der Waals surface area contributed by atoms with E-state index in [4.69, 9.17) is 24.3 Å². The Hall–Kier alpha value is 1.23. The molecule has 11 heavy (non-hydrogen) atoms. The first kappa shape index (κ1) is 29.5. The normalized spacial score (nSPS) is 7.09. The molecule has 0 amide bonds. The van der Waals surface area contributed by atoms with Crippen molar-refractivity contribution in [1.29, 1.82) is 0 Å². The number of nitrogens with two attached hydrogens (primary N) is 2. The van der Waals surface area contributed by atoms with Gasteiger partial charge in [-0.2, -0.15) is 0 Å². The van der Waals surface area contributed by atoms with E-state index in [1.54, 1.807) is 0 Å². The van der Waals surface area contributed by atoms with Crippen molar-refractivity contribution in [3.05, 3.63) is 12.3 Å². The Morgan fingerprint density at radius 1 is 1.18 bits per heavy atom. The van der Waals surface area contributed by atoms with Gasteiger partial charge in [0.25, 0.3) is 0 Å². The van der Waals surface area contributed by atoms with Gasteiger partial charge < -0.3 is 36.6 Å². The minimum atomic E-state index is -5.43. The van der Waals surface area contributed by atoms with Crippen molar-refractivity contribution in [2.75, 3.05) is 0 Å². The molecular weight excluding hydrogens is 369 g/mol. The average Bonchev–Trinajstić information content (AvgIpc) is 1.31. The Bertz CT molecular complexity index is 136. The second-order valence-corrected chi connectivity index (χ2v) is 2.12. The molecular formula is CH4N2NaO5PPt. The Kier molecular flexibility index (Phi) is 30.1. The van der Waals surface area contributed by atoms with Crippen LogP contribution in [0.25, 0.3) is 12.3 Å². The number of hydrogen-bond donors (Lipinski definition) is 0. The Labute approximate surface area is 99.8 Å². The van der Waals surface area contributed by atoms with Crippen LogP contribution in [0.5, 0.6) is 0 Å². The molecule has 0 bridgehead atoms. The molecule has 0 aliphatic heterocycles. The van der Waals surface area contributed by atoms with Gasteiger partial charge in [0, 0.05) is 0 Å². The van der Waals surface area contributed by atoms with Crippen LogP contribution in [-0.2, 0) is 25.6 Å². The summed E-state index contributed by atoms with van der Waals surface area (Å²) in [5, 5.41) is 9.02. The van der Waals surface area contributed by atoms with E-state index in [1.165, 1.54) is 0 Å². The Morgan fingerprint density at radius 3 is 1.27 bits per heavy atom. The number of carbonyl (C=O) groups excluding carboxylic acids is 1. The van der Waals surface area contributed by atoms with Gasteiger partial charge in [0.2, 0.25) is 0 Å². The first-order valence-electron chi connectivity index (χ1n) is 1.18. The van der Waals surface area contributed by atoms with E-state index in [0.29, 0.717) is 0 Å². The van der Waals surface area contributed by atoms with E-state index in [0.717, 1.165) is 0 Å². The maximum Gasteiger partial charge on any atom is 4.00 e. The van der Waals surface area contributed by atoms with Crippen LogP contribution in [0.3, 0.4) is 0 Å². The molecule has 7 nitrogen and oxygen atoms in total. The molecule has 0 aliphatic rings. The zero-order chi connectivity index (χ0) is 6.08. The van der Waals surface area contributed by atoms with E-state index in [9.17, 15) is 0 Å². The maximum absolute atomic E-state index is 9.14. The quantitative estimate of drug-likeness (QED) is 0.334. The van der Waals surface area contributed by atoms with Crippen molar-refractivity contribution in [2.24, 2.45) is 0 Å². The van der Waals surface area contributed by atoms with Gasteiger partial charge in [-0.15, -0.1) is 0 Å². The summed E-state index contributed by atoms with van der Waals surface area (Å²) in [6.07, 6.45) is 0. The molecule has 0 saturated heterocycles. The third-order valence-electron chi connectivity index (χ3n) is 0.224. The Balaban J connectivity index is -0.0000000300. The fraction of sp³-hybridized carbons (Fsp3) is 0. The van der Waals surface area contributed by atoms with Gasteiger partial charge in [-0.3, -0.25) is 0 Å². The second kappa shape index (κ2) is 11.2. The van der Waals surface area contributed by atoms with Gasteiger partial charge in [0.15, 0.2) is 0 Å². The summed E-state index contributed by atoms with van der Waals surface area (Å²) < 4.78 is 9.14. The summed E-state index contributed by atoms with van der Waals surface area (Å²) >= 11 is 0. The zero-order valence-electron chi connectivity index (χ0n) is 5.46. The molecule has 0 rings (SSSR count). The minimum absolute atomic E-state index is 0. The molecule has 0 heterocycles. The van der Waals surface area contributed by atoms with Gasteiger partial charge in [0.05, 0.1) is 5.71 Å². The summed E-state index contributed by atoms with van der Waals surface area (Å²) in [6, 6.07) is 0. The number of hydrogen-bond acceptors (Lipinski definition) is 5. The number of rotatable bonds is 1. The monoisotopic (exact) mass is 373 g/mol. The third kappa shape index (κ3) is 18.3. The second-order valence-electron chi connectivity index (χ2n) is 0.763. The number of carbonyl (C=O) groups is 1. The summed E-state index contributed by atoms with van der Waals surface area (Å²) in [5.41, 5.74) is -2.56. The molecule has 64 valence electrons. The summed E-state index contributed by atoms with van der Waals surface area (Å²) in [4.78, 5) is 27.3. The molecule has 0 aliphatic carbocycles. The van der Waals surface area contributed by atoms with Gasteiger partial charge in [-0.05, 0) is 7.60 Å². The third-order valence-corrected chi connectivity index (χ3v) is 0.671. The summed E-state index contributed by atoms with van der Waals surface area (Å²) in [5.74, 6) is 0. The average molecular weight is 373 g/mol. The van der Waals surface area contributed by atoms with Crippen molar-refractivity contribution in [3.63, 3.8) is 0 Å². The molecule has 0 aromatic carbocycles. The van der Waals surface area contributed by atoms with E-state index in [1.807, 2.05) is 0 Å². The van der Waals surface area contributed by atoms with E-state index < -0.39 is 13.3 Å². The minimum Gasteiger partial charge on any atom is -0.807 e. The predicted molar refractivity (Wildman–Crippen MR) is 23.6 cm³/mol. The molecule has 0 aromatic rings. The molecule has 0 spiro atoms. The van der Waals surface area contributed by atoms with Crippen molar-refractivity contribution >= 4 is 13.3 Å². The molecule has 0 saturated carbocycles. The van der Waals surface area contributed by atoms with Crippen molar-refractivity contribution in [1.82, 2.24) is 0 Å². The molecule has 0 radical (unpaired) electrons. The molecule has 0 unspecified atom stereocenters. The van der Waals surface area contributed by atoms with E-state index >= 15 is 0 Å². The van der Waals surface area contributed by atoms with E-state index in [2.05, 4.69) is 0 Å². The van der Waals surface area contributed by atoms with E-state index in [-0.39, 0.29) is 62.9 Å². The Morgan fingerprint density at radius 2 is 1.27 bits per heavy atom. The van der Waals surface area contributed by atoms with Crippen LogP contribution in [0.2, 0.25) is 0 Å². The van der Waals surface area contributed by atoms with Gasteiger partial charge >= 0.3 is 50.6 Å². The molecule has 4 N–H and O–H groups in total. The van der Waals surface area contributed by atoms with Crippen LogP contribution in [-0.4, -0.2) is 5.71 Å². The van der Waals surface area contributed by atoms with Crippen LogP contribution in [0.15, 0.2) is 0 Å². The fourth-order valence-corrected chi connectivity index (χ4v) is 0. The van der Waals surface area contributed by atoms with Crippen LogP contribution in [0.1, 0.15) is 0 Å². The fourth-order valence-electron chi connectivity index (χ4n) is 0. The van der Waals surface area contributed by atoms with Crippen LogP contribution in [0, 0.1) is 0 Å². The van der Waals surface area contributed by atoms with Crippen LogP contribution < -0.4 is 44.5 Å².